The van der Waals surface area contributed by atoms with Crippen LogP contribution in [0.15, 0.2) is 53.8 Å². The Kier molecular flexibility index (Phi) is 5.89. The van der Waals surface area contributed by atoms with Gasteiger partial charge < -0.3 is 10.3 Å². The average molecular weight is 518 g/mol. The summed E-state index contributed by atoms with van der Waals surface area (Å²) in [5.74, 6) is -0.193. The average Bonchev–Trinajstić information content (AvgIpc) is 3.31. The van der Waals surface area contributed by atoms with E-state index in [1.54, 1.807) is 24.3 Å². The highest BCUT2D eigenvalue weighted by Crippen LogP contribution is 2.33. The lowest BCUT2D eigenvalue weighted by molar-refractivity contribution is 0.629. The Labute approximate surface area is 207 Å². The van der Waals surface area contributed by atoms with E-state index >= 15 is 0 Å². The third-order valence-corrected chi connectivity index (χ3v) is 6.47. The minimum Gasteiger partial charge on any atom is -0.360 e. The van der Waals surface area contributed by atoms with Crippen LogP contribution in [0.25, 0.3) is 27.6 Å². The zero-order valence-corrected chi connectivity index (χ0v) is 19.9. The summed E-state index contributed by atoms with van der Waals surface area (Å²) in [5.41, 5.74) is 1.53. The first kappa shape index (κ1) is 22.6. The Morgan fingerprint density at radius 3 is 2.74 bits per heavy atom. The molecule has 34 heavy (non-hydrogen) atoms. The van der Waals surface area contributed by atoms with Crippen molar-refractivity contribution in [3.63, 3.8) is 0 Å². The number of pyridine rings is 1. The van der Waals surface area contributed by atoms with Gasteiger partial charge in [-0.15, -0.1) is 0 Å². The number of hydrogen-bond donors (Lipinski definition) is 2. The number of benzene rings is 2. The highest BCUT2D eigenvalue weighted by molar-refractivity contribution is 6.36. The molecule has 0 fully saturated rings. The van der Waals surface area contributed by atoms with Gasteiger partial charge in [0.15, 0.2) is 11.5 Å². The molecule has 1 atom stereocenters. The molecule has 0 aliphatic heterocycles. The van der Waals surface area contributed by atoms with Crippen molar-refractivity contribution in [3.8, 4) is 5.69 Å². The van der Waals surface area contributed by atoms with Crippen molar-refractivity contribution in [3.05, 3.63) is 86.0 Å². The topological polar surface area (TPSA) is 88.5 Å². The summed E-state index contributed by atoms with van der Waals surface area (Å²) in [5, 5.41) is 4.33. The first-order valence-electron chi connectivity index (χ1n) is 10.3. The number of aromatic nitrogens is 5. The Morgan fingerprint density at radius 2 is 1.94 bits per heavy atom. The highest BCUT2D eigenvalue weighted by Gasteiger charge is 2.23. The van der Waals surface area contributed by atoms with Gasteiger partial charge in [0, 0.05) is 10.7 Å². The Morgan fingerprint density at radius 1 is 1.12 bits per heavy atom. The van der Waals surface area contributed by atoms with Crippen molar-refractivity contribution < 1.29 is 4.39 Å². The van der Waals surface area contributed by atoms with Crippen LogP contribution in [0.2, 0.25) is 15.1 Å². The summed E-state index contributed by atoms with van der Waals surface area (Å²) in [4.78, 5) is 29.5. The van der Waals surface area contributed by atoms with Gasteiger partial charge in [-0.25, -0.2) is 19.3 Å². The molecule has 3 aromatic heterocycles. The first-order valence-corrected chi connectivity index (χ1v) is 11.4. The SMILES string of the molecule is CC[C@H](Nc1ncnc2[nH]cnc12)c1cc2ccc(F)c(Cl)c2c(=O)n1-c1cc(Cl)ccc1Cl. The maximum atomic E-state index is 14.3. The number of aromatic amines is 1. The van der Waals surface area contributed by atoms with Crippen molar-refractivity contribution in [2.45, 2.75) is 19.4 Å². The number of H-pyrrole nitrogens is 1. The zero-order valence-electron chi connectivity index (χ0n) is 17.6. The third kappa shape index (κ3) is 3.77. The molecule has 7 nitrogen and oxygen atoms in total. The van der Waals surface area contributed by atoms with E-state index in [1.165, 1.54) is 29.4 Å². The van der Waals surface area contributed by atoms with E-state index in [1.807, 2.05) is 6.92 Å². The van der Waals surface area contributed by atoms with Gasteiger partial charge >= 0.3 is 0 Å². The third-order valence-electron chi connectivity index (χ3n) is 5.55. The van der Waals surface area contributed by atoms with Crippen LogP contribution in [-0.2, 0) is 0 Å². The van der Waals surface area contributed by atoms with Crippen LogP contribution in [0.1, 0.15) is 25.1 Å². The van der Waals surface area contributed by atoms with Crippen molar-refractivity contribution in [2.75, 3.05) is 5.32 Å². The molecule has 0 aliphatic carbocycles. The Balaban J connectivity index is 1.79. The molecule has 0 radical (unpaired) electrons. The van der Waals surface area contributed by atoms with Crippen molar-refractivity contribution >= 4 is 62.6 Å². The van der Waals surface area contributed by atoms with Crippen LogP contribution in [-0.4, -0.2) is 24.5 Å². The normalized spacial score (nSPS) is 12.4. The molecule has 0 aliphatic rings. The quantitative estimate of drug-likeness (QED) is 0.285. The molecule has 172 valence electrons. The van der Waals surface area contributed by atoms with Crippen LogP contribution in [0.3, 0.4) is 0 Å². The monoisotopic (exact) mass is 516 g/mol. The second-order valence-corrected chi connectivity index (χ2v) is 8.78. The molecular formula is C23H16Cl3FN6O. The molecule has 0 saturated heterocycles. The minimum atomic E-state index is -0.685. The molecule has 2 N–H and O–H groups in total. The largest absolute Gasteiger partial charge is 0.360 e. The summed E-state index contributed by atoms with van der Waals surface area (Å²) in [7, 11) is 0. The van der Waals surface area contributed by atoms with Gasteiger partial charge in [0.2, 0.25) is 0 Å². The van der Waals surface area contributed by atoms with Gasteiger partial charge in [-0.2, -0.15) is 0 Å². The number of nitrogens with one attached hydrogen (secondary N) is 2. The van der Waals surface area contributed by atoms with Crippen molar-refractivity contribution in [2.24, 2.45) is 0 Å². The lowest BCUT2D eigenvalue weighted by atomic mass is 10.0. The van der Waals surface area contributed by atoms with Crippen LogP contribution < -0.4 is 10.9 Å². The number of nitrogens with zero attached hydrogens (tertiary/aromatic N) is 4. The molecule has 5 aromatic rings. The fourth-order valence-corrected chi connectivity index (χ4v) is 4.56. The molecule has 11 heteroatoms. The number of fused-ring (bicyclic) bond motifs is 2. The van der Waals surface area contributed by atoms with E-state index in [-0.39, 0.29) is 10.4 Å². The first-order chi connectivity index (χ1) is 16.4. The van der Waals surface area contributed by atoms with E-state index < -0.39 is 17.4 Å². The lowest BCUT2D eigenvalue weighted by Gasteiger charge is -2.24. The molecule has 2 aromatic carbocycles. The number of halogens is 4. The molecule has 5 rings (SSSR count). The van der Waals surface area contributed by atoms with Crippen molar-refractivity contribution in [1.29, 1.82) is 0 Å². The van der Waals surface area contributed by atoms with E-state index in [2.05, 4.69) is 25.3 Å². The van der Waals surface area contributed by atoms with Crippen LogP contribution in [0, 0.1) is 5.82 Å². The van der Waals surface area contributed by atoms with Gasteiger partial charge in [0.25, 0.3) is 5.56 Å². The van der Waals surface area contributed by atoms with Crippen LogP contribution >= 0.6 is 34.8 Å². The summed E-state index contributed by atoms with van der Waals surface area (Å²) >= 11 is 18.9. The standard InChI is InChI=1S/C23H16Cl3FN6O/c1-2-15(32-22-20-21(29-9-28-20)30-10-31-22)17-7-11-3-6-14(27)19(26)18(11)23(34)33(17)16-8-12(24)4-5-13(16)25/h3-10,15H,2H2,1H3,(H2,28,29,30,31,32)/t15-/m0/s1. The summed E-state index contributed by atoms with van der Waals surface area (Å²) in [6.45, 7) is 1.96. The molecular weight excluding hydrogens is 502 g/mol. The zero-order chi connectivity index (χ0) is 24.0. The van der Waals surface area contributed by atoms with Gasteiger partial charge in [0.1, 0.15) is 17.7 Å². The Bertz CT molecular complexity index is 1620. The molecule has 0 spiro atoms. The lowest BCUT2D eigenvalue weighted by Crippen LogP contribution is -2.27. The van der Waals surface area contributed by atoms with Gasteiger partial charge in [-0.1, -0.05) is 47.8 Å². The molecule has 0 amide bonds. The highest BCUT2D eigenvalue weighted by atomic mass is 35.5. The molecule has 0 saturated carbocycles. The molecule has 0 unspecified atom stereocenters. The van der Waals surface area contributed by atoms with Crippen LogP contribution in [0.5, 0.6) is 0 Å². The second-order valence-electron chi connectivity index (χ2n) is 7.56. The summed E-state index contributed by atoms with van der Waals surface area (Å²) < 4.78 is 15.7. The Hall–Kier alpha value is -3.20. The van der Waals surface area contributed by atoms with E-state index in [0.29, 0.717) is 50.2 Å². The van der Waals surface area contributed by atoms with Crippen LogP contribution in [0.4, 0.5) is 10.2 Å². The predicted molar refractivity (Wildman–Crippen MR) is 133 cm³/mol. The van der Waals surface area contributed by atoms with Gasteiger partial charge in [0.05, 0.1) is 33.5 Å². The van der Waals surface area contributed by atoms with E-state index in [9.17, 15) is 9.18 Å². The smallest absolute Gasteiger partial charge is 0.264 e. The molecule has 0 bridgehead atoms. The summed E-state index contributed by atoms with van der Waals surface area (Å²) in [6, 6.07) is 8.92. The number of imidazole rings is 1. The van der Waals surface area contributed by atoms with Crippen molar-refractivity contribution in [1.82, 2.24) is 24.5 Å². The fraction of sp³-hybridized carbons (Fsp3) is 0.130. The number of anilines is 1. The van der Waals surface area contributed by atoms with Gasteiger partial charge in [-0.05, 0) is 42.1 Å². The van der Waals surface area contributed by atoms with E-state index in [0.717, 1.165) is 0 Å². The van der Waals surface area contributed by atoms with Gasteiger partial charge in [-0.3, -0.25) is 9.36 Å². The fourth-order valence-electron chi connectivity index (χ4n) is 3.94. The number of hydrogen-bond acceptors (Lipinski definition) is 5. The molecule has 3 heterocycles. The predicted octanol–water partition coefficient (Wildman–Crippen LogP) is 6.32. The number of rotatable bonds is 5. The maximum Gasteiger partial charge on any atom is 0.264 e. The second kappa shape index (κ2) is 8.87. The maximum absolute atomic E-state index is 14.3. The van der Waals surface area contributed by atoms with E-state index in [4.69, 9.17) is 34.8 Å². The minimum absolute atomic E-state index is 0.0491. The summed E-state index contributed by atoms with van der Waals surface area (Å²) in [6.07, 6.45) is 3.51.